The minimum absolute atomic E-state index is 0. The van der Waals surface area contributed by atoms with Crippen molar-refractivity contribution >= 4 is 47.4 Å². The first-order chi connectivity index (χ1) is 13.7. The van der Waals surface area contributed by atoms with Crippen molar-refractivity contribution in [1.29, 1.82) is 0 Å². The number of guanidine groups is 1. The SMILES string of the molecule is CN=C(NCCc1ccc(Cl)nc1)NCc1ccnc(N2CCCCCC2)c1.I. The zero-order chi connectivity index (χ0) is 19.6. The fraction of sp³-hybridized carbons (Fsp3) is 0.476. The highest BCUT2D eigenvalue weighted by Crippen LogP contribution is 2.18. The van der Waals surface area contributed by atoms with E-state index in [0.717, 1.165) is 43.4 Å². The molecule has 3 rings (SSSR count). The number of anilines is 1. The molecule has 0 aromatic carbocycles. The molecule has 158 valence electrons. The number of rotatable bonds is 6. The number of pyridine rings is 2. The summed E-state index contributed by atoms with van der Waals surface area (Å²) < 4.78 is 0. The molecule has 0 radical (unpaired) electrons. The summed E-state index contributed by atoms with van der Waals surface area (Å²) in [7, 11) is 1.79. The van der Waals surface area contributed by atoms with Crippen molar-refractivity contribution in [3.8, 4) is 0 Å². The third-order valence-electron chi connectivity index (χ3n) is 4.92. The van der Waals surface area contributed by atoms with Crippen LogP contribution in [0.2, 0.25) is 5.15 Å². The predicted octanol–water partition coefficient (Wildman–Crippen LogP) is 4.04. The first-order valence-electron chi connectivity index (χ1n) is 9.99. The maximum Gasteiger partial charge on any atom is 0.191 e. The van der Waals surface area contributed by atoms with Gasteiger partial charge < -0.3 is 15.5 Å². The molecule has 2 aromatic heterocycles. The van der Waals surface area contributed by atoms with Gasteiger partial charge in [0.05, 0.1) is 0 Å². The highest BCUT2D eigenvalue weighted by atomic mass is 127. The van der Waals surface area contributed by atoms with Crippen molar-refractivity contribution in [1.82, 2.24) is 20.6 Å². The van der Waals surface area contributed by atoms with E-state index in [1.165, 1.54) is 31.2 Å². The van der Waals surface area contributed by atoms with E-state index in [1.54, 1.807) is 7.05 Å². The molecule has 2 aromatic rings. The maximum atomic E-state index is 5.82. The fourth-order valence-electron chi connectivity index (χ4n) is 3.33. The second-order valence-electron chi connectivity index (χ2n) is 7.02. The fourth-order valence-corrected chi connectivity index (χ4v) is 3.44. The molecule has 0 spiro atoms. The molecule has 0 saturated carbocycles. The average molecular weight is 529 g/mol. The van der Waals surface area contributed by atoms with Crippen LogP contribution in [0.1, 0.15) is 36.8 Å². The van der Waals surface area contributed by atoms with Crippen LogP contribution in [0, 0.1) is 0 Å². The Balaban J connectivity index is 0.00000300. The monoisotopic (exact) mass is 528 g/mol. The van der Waals surface area contributed by atoms with Crippen LogP contribution in [0.5, 0.6) is 0 Å². The Labute approximate surface area is 195 Å². The Hall–Kier alpha value is -1.61. The summed E-state index contributed by atoms with van der Waals surface area (Å²) >= 11 is 5.82. The Kier molecular flexibility index (Phi) is 10.5. The van der Waals surface area contributed by atoms with Crippen LogP contribution < -0.4 is 15.5 Å². The van der Waals surface area contributed by atoms with Gasteiger partial charge in [0.2, 0.25) is 0 Å². The van der Waals surface area contributed by atoms with Gasteiger partial charge in [-0.15, -0.1) is 24.0 Å². The highest BCUT2D eigenvalue weighted by molar-refractivity contribution is 14.0. The van der Waals surface area contributed by atoms with Crippen LogP contribution in [0.3, 0.4) is 0 Å². The van der Waals surface area contributed by atoms with Gasteiger partial charge in [-0.1, -0.05) is 30.5 Å². The molecule has 6 nitrogen and oxygen atoms in total. The van der Waals surface area contributed by atoms with Crippen LogP contribution in [0.4, 0.5) is 5.82 Å². The molecule has 0 unspecified atom stereocenters. The maximum absolute atomic E-state index is 5.82. The standard InChI is InChI=1S/C21H29ClN6.HI/c1-23-21(25-11-8-17-6-7-19(22)26-15-17)27-16-18-9-10-24-20(14-18)28-12-4-2-3-5-13-28;/h6-7,9-10,14-15H,2-5,8,11-13,16H2,1H3,(H2,23,25,27);1H. The summed E-state index contributed by atoms with van der Waals surface area (Å²) in [5.41, 5.74) is 2.35. The number of aromatic nitrogens is 2. The number of aliphatic imine (C=N–C) groups is 1. The van der Waals surface area contributed by atoms with Gasteiger partial charge in [0.1, 0.15) is 11.0 Å². The minimum atomic E-state index is 0. The van der Waals surface area contributed by atoms with Gasteiger partial charge >= 0.3 is 0 Å². The smallest absolute Gasteiger partial charge is 0.191 e. The van der Waals surface area contributed by atoms with Crippen molar-refractivity contribution in [3.63, 3.8) is 0 Å². The molecule has 0 bridgehead atoms. The summed E-state index contributed by atoms with van der Waals surface area (Å²) in [6.07, 6.45) is 9.73. The van der Waals surface area contributed by atoms with E-state index in [0.29, 0.717) is 11.7 Å². The lowest BCUT2D eigenvalue weighted by molar-refractivity contribution is 0.726. The Morgan fingerprint density at radius 3 is 2.55 bits per heavy atom. The van der Waals surface area contributed by atoms with E-state index in [9.17, 15) is 0 Å². The van der Waals surface area contributed by atoms with E-state index in [-0.39, 0.29) is 24.0 Å². The number of halogens is 2. The third-order valence-corrected chi connectivity index (χ3v) is 5.14. The highest BCUT2D eigenvalue weighted by Gasteiger charge is 2.11. The topological polar surface area (TPSA) is 65.4 Å². The molecule has 8 heteroatoms. The molecule has 0 aliphatic carbocycles. The summed E-state index contributed by atoms with van der Waals surface area (Å²) in [5, 5.41) is 7.24. The second kappa shape index (κ2) is 12.8. The molecular formula is C21H30ClIN6. The van der Waals surface area contributed by atoms with Crippen molar-refractivity contribution < 1.29 is 0 Å². The van der Waals surface area contributed by atoms with Gasteiger partial charge in [0.15, 0.2) is 5.96 Å². The zero-order valence-electron chi connectivity index (χ0n) is 16.9. The molecule has 29 heavy (non-hydrogen) atoms. The van der Waals surface area contributed by atoms with Crippen LogP contribution in [-0.4, -0.2) is 42.6 Å². The van der Waals surface area contributed by atoms with Crippen molar-refractivity contribution in [2.24, 2.45) is 4.99 Å². The molecule has 1 aliphatic heterocycles. The van der Waals surface area contributed by atoms with E-state index in [4.69, 9.17) is 11.6 Å². The molecule has 3 heterocycles. The Bertz CT molecular complexity index is 760. The van der Waals surface area contributed by atoms with Crippen LogP contribution in [0.25, 0.3) is 0 Å². The Morgan fingerprint density at radius 2 is 1.86 bits per heavy atom. The molecule has 1 saturated heterocycles. The largest absolute Gasteiger partial charge is 0.357 e. The average Bonchev–Trinajstić information content (AvgIpc) is 3.02. The van der Waals surface area contributed by atoms with E-state index in [1.807, 2.05) is 24.5 Å². The van der Waals surface area contributed by atoms with Gasteiger partial charge in [-0.25, -0.2) is 9.97 Å². The van der Waals surface area contributed by atoms with Crippen molar-refractivity contribution in [2.75, 3.05) is 31.6 Å². The molecule has 1 fully saturated rings. The van der Waals surface area contributed by atoms with Gasteiger partial charge in [0.25, 0.3) is 0 Å². The molecule has 0 atom stereocenters. The van der Waals surface area contributed by atoms with Crippen LogP contribution in [-0.2, 0) is 13.0 Å². The molecule has 1 aliphatic rings. The normalized spacial score (nSPS) is 14.7. The summed E-state index contributed by atoms with van der Waals surface area (Å²) in [4.78, 5) is 15.4. The van der Waals surface area contributed by atoms with E-state index in [2.05, 4.69) is 42.6 Å². The number of hydrogen-bond donors (Lipinski definition) is 2. The van der Waals surface area contributed by atoms with Crippen molar-refractivity contribution in [2.45, 2.75) is 38.6 Å². The quantitative estimate of drug-likeness (QED) is 0.256. The minimum Gasteiger partial charge on any atom is -0.357 e. The predicted molar refractivity (Wildman–Crippen MR) is 131 cm³/mol. The number of nitrogens with zero attached hydrogens (tertiary/aromatic N) is 4. The summed E-state index contributed by atoms with van der Waals surface area (Å²) in [6.45, 7) is 3.70. The van der Waals surface area contributed by atoms with Gasteiger partial charge in [-0.2, -0.15) is 0 Å². The lowest BCUT2D eigenvalue weighted by atomic mass is 10.2. The molecule has 2 N–H and O–H groups in total. The molecule has 0 amide bonds. The van der Waals surface area contributed by atoms with Crippen LogP contribution >= 0.6 is 35.6 Å². The molecular weight excluding hydrogens is 499 g/mol. The third kappa shape index (κ3) is 7.97. The Morgan fingerprint density at radius 1 is 1.07 bits per heavy atom. The van der Waals surface area contributed by atoms with Crippen LogP contribution in [0.15, 0.2) is 41.7 Å². The summed E-state index contributed by atoms with van der Waals surface area (Å²) in [6, 6.07) is 8.05. The lowest BCUT2D eigenvalue weighted by Crippen LogP contribution is -2.37. The van der Waals surface area contributed by atoms with Gasteiger partial charge in [0, 0.05) is 45.6 Å². The van der Waals surface area contributed by atoms with Gasteiger partial charge in [-0.3, -0.25) is 4.99 Å². The number of nitrogens with one attached hydrogen (secondary N) is 2. The van der Waals surface area contributed by atoms with E-state index >= 15 is 0 Å². The first-order valence-corrected chi connectivity index (χ1v) is 10.4. The summed E-state index contributed by atoms with van der Waals surface area (Å²) in [5.74, 6) is 1.87. The van der Waals surface area contributed by atoms with Gasteiger partial charge in [-0.05, 0) is 48.6 Å². The zero-order valence-corrected chi connectivity index (χ0v) is 20.0. The number of hydrogen-bond acceptors (Lipinski definition) is 4. The second-order valence-corrected chi connectivity index (χ2v) is 7.40. The first kappa shape index (κ1) is 23.7. The van der Waals surface area contributed by atoms with Crippen molar-refractivity contribution in [3.05, 3.63) is 52.9 Å². The van der Waals surface area contributed by atoms with E-state index < -0.39 is 0 Å². The lowest BCUT2D eigenvalue weighted by Gasteiger charge is -2.22.